The lowest BCUT2D eigenvalue weighted by molar-refractivity contribution is -0.137. The van der Waals surface area contributed by atoms with Crippen LogP contribution in [0.25, 0.3) is 0 Å². The lowest BCUT2D eigenvalue weighted by atomic mass is 9.96. The first-order chi connectivity index (χ1) is 11.9. The molecule has 1 aromatic heterocycles. The van der Waals surface area contributed by atoms with E-state index in [0.717, 1.165) is 69.0 Å². The SMILES string of the molecule is Cc1cc(N2CCC(N(C)C(=O)CC3(O)CCCC3)CC2)nc(C)n1. The minimum atomic E-state index is -0.762. The van der Waals surface area contributed by atoms with Crippen LogP contribution in [0.15, 0.2) is 6.07 Å². The topological polar surface area (TPSA) is 69.6 Å². The van der Waals surface area contributed by atoms with Gasteiger partial charge in [-0.05, 0) is 39.5 Å². The summed E-state index contributed by atoms with van der Waals surface area (Å²) in [7, 11) is 1.89. The first kappa shape index (κ1) is 18.1. The molecule has 2 fully saturated rings. The summed E-state index contributed by atoms with van der Waals surface area (Å²) in [5, 5.41) is 10.5. The standard InChI is InChI=1S/C19H30N4O2/c1-14-12-17(21-15(2)20-14)23-10-6-16(7-11-23)22(3)18(24)13-19(25)8-4-5-9-19/h12,16,25H,4-11,13H2,1-3H3. The zero-order valence-electron chi connectivity index (χ0n) is 15.7. The average molecular weight is 346 g/mol. The van der Waals surface area contributed by atoms with Crippen molar-refractivity contribution in [1.82, 2.24) is 14.9 Å². The number of hydrogen-bond donors (Lipinski definition) is 1. The van der Waals surface area contributed by atoms with Gasteiger partial charge in [0.15, 0.2) is 0 Å². The molecule has 6 nitrogen and oxygen atoms in total. The summed E-state index contributed by atoms with van der Waals surface area (Å²) in [6.45, 7) is 5.69. The predicted octanol–water partition coefficient (Wildman–Crippen LogP) is 2.22. The number of amides is 1. The van der Waals surface area contributed by atoms with Gasteiger partial charge in [0.05, 0.1) is 12.0 Å². The van der Waals surface area contributed by atoms with Crippen LogP contribution in [0.5, 0.6) is 0 Å². The third kappa shape index (κ3) is 4.29. The molecule has 2 heterocycles. The number of aromatic nitrogens is 2. The molecule has 1 aromatic rings. The molecular weight excluding hydrogens is 316 g/mol. The van der Waals surface area contributed by atoms with Gasteiger partial charge < -0.3 is 14.9 Å². The predicted molar refractivity (Wildman–Crippen MR) is 97.5 cm³/mol. The number of carbonyl (C=O) groups is 1. The van der Waals surface area contributed by atoms with Crippen LogP contribution in [0.1, 0.15) is 56.5 Å². The van der Waals surface area contributed by atoms with Crippen molar-refractivity contribution < 1.29 is 9.90 Å². The van der Waals surface area contributed by atoms with Crippen molar-refractivity contribution in [3.8, 4) is 0 Å². The van der Waals surface area contributed by atoms with E-state index in [1.165, 1.54) is 0 Å². The first-order valence-corrected chi connectivity index (χ1v) is 9.42. The fourth-order valence-electron chi connectivity index (χ4n) is 4.16. The van der Waals surface area contributed by atoms with Crippen LogP contribution < -0.4 is 4.90 Å². The van der Waals surface area contributed by atoms with Crippen LogP contribution in [-0.4, -0.2) is 57.7 Å². The highest BCUT2D eigenvalue weighted by atomic mass is 16.3. The zero-order valence-corrected chi connectivity index (χ0v) is 15.7. The maximum atomic E-state index is 12.6. The van der Waals surface area contributed by atoms with E-state index in [4.69, 9.17) is 0 Å². The second-order valence-electron chi connectivity index (χ2n) is 7.75. The van der Waals surface area contributed by atoms with E-state index in [9.17, 15) is 9.90 Å². The monoisotopic (exact) mass is 346 g/mol. The molecule has 1 aliphatic heterocycles. The van der Waals surface area contributed by atoms with Crippen LogP contribution in [0.2, 0.25) is 0 Å². The summed E-state index contributed by atoms with van der Waals surface area (Å²) in [4.78, 5) is 25.6. The minimum absolute atomic E-state index is 0.0802. The number of nitrogens with zero attached hydrogens (tertiary/aromatic N) is 4. The normalized spacial score (nSPS) is 20.7. The van der Waals surface area contributed by atoms with Crippen molar-refractivity contribution in [3.05, 3.63) is 17.6 Å². The Bertz CT molecular complexity index is 600. The summed E-state index contributed by atoms with van der Waals surface area (Å²) in [5.74, 6) is 1.86. The van der Waals surface area contributed by atoms with Gasteiger partial charge in [-0.2, -0.15) is 0 Å². The third-order valence-electron chi connectivity index (χ3n) is 5.70. The van der Waals surface area contributed by atoms with E-state index in [1.807, 2.05) is 31.9 Å². The number of aliphatic hydroxyl groups is 1. The quantitative estimate of drug-likeness (QED) is 0.905. The van der Waals surface area contributed by atoms with E-state index >= 15 is 0 Å². The Kier molecular flexibility index (Phi) is 5.27. The lowest BCUT2D eigenvalue weighted by Crippen LogP contribution is -2.47. The highest BCUT2D eigenvalue weighted by molar-refractivity contribution is 5.77. The van der Waals surface area contributed by atoms with Crippen LogP contribution >= 0.6 is 0 Å². The molecule has 0 spiro atoms. The van der Waals surface area contributed by atoms with E-state index in [1.54, 1.807) is 0 Å². The van der Waals surface area contributed by atoms with Crippen molar-refractivity contribution in [3.63, 3.8) is 0 Å². The van der Waals surface area contributed by atoms with Crippen molar-refractivity contribution in [2.45, 2.75) is 70.4 Å². The number of piperidine rings is 1. The molecule has 3 rings (SSSR count). The van der Waals surface area contributed by atoms with Gasteiger partial charge in [-0.3, -0.25) is 4.79 Å². The fraction of sp³-hybridized carbons (Fsp3) is 0.737. The molecule has 1 saturated carbocycles. The molecule has 6 heteroatoms. The Hall–Kier alpha value is -1.69. The highest BCUT2D eigenvalue weighted by Gasteiger charge is 2.36. The fourth-order valence-corrected chi connectivity index (χ4v) is 4.16. The molecule has 1 aliphatic carbocycles. The van der Waals surface area contributed by atoms with Crippen LogP contribution in [0, 0.1) is 13.8 Å². The maximum Gasteiger partial charge on any atom is 0.225 e. The summed E-state index contributed by atoms with van der Waals surface area (Å²) in [6, 6.07) is 2.27. The number of hydrogen-bond acceptors (Lipinski definition) is 5. The molecule has 1 N–H and O–H groups in total. The highest BCUT2D eigenvalue weighted by Crippen LogP contribution is 2.33. The average Bonchev–Trinajstić information content (AvgIpc) is 2.99. The third-order valence-corrected chi connectivity index (χ3v) is 5.70. The van der Waals surface area contributed by atoms with Gasteiger partial charge in [-0.15, -0.1) is 0 Å². The molecule has 0 atom stereocenters. The second kappa shape index (κ2) is 7.28. The summed E-state index contributed by atoms with van der Waals surface area (Å²) >= 11 is 0. The Morgan fingerprint density at radius 1 is 1.28 bits per heavy atom. The Morgan fingerprint density at radius 3 is 2.52 bits per heavy atom. The van der Waals surface area contributed by atoms with Crippen molar-refractivity contribution in [1.29, 1.82) is 0 Å². The summed E-state index contributed by atoms with van der Waals surface area (Å²) in [6.07, 6.45) is 5.72. The molecule has 1 saturated heterocycles. The molecule has 2 aliphatic rings. The van der Waals surface area contributed by atoms with Gasteiger partial charge in [0.1, 0.15) is 11.6 Å². The van der Waals surface area contributed by atoms with Crippen molar-refractivity contribution >= 4 is 11.7 Å². The zero-order chi connectivity index (χ0) is 18.0. The van der Waals surface area contributed by atoms with E-state index in [0.29, 0.717) is 0 Å². The number of carbonyl (C=O) groups excluding carboxylic acids is 1. The van der Waals surface area contributed by atoms with Gasteiger partial charge in [0.2, 0.25) is 5.91 Å². The number of rotatable bonds is 4. The minimum Gasteiger partial charge on any atom is -0.389 e. The van der Waals surface area contributed by atoms with Crippen molar-refractivity contribution in [2.75, 3.05) is 25.0 Å². The van der Waals surface area contributed by atoms with E-state index in [-0.39, 0.29) is 18.4 Å². The molecule has 138 valence electrons. The van der Waals surface area contributed by atoms with Gasteiger partial charge in [0.25, 0.3) is 0 Å². The Morgan fingerprint density at radius 2 is 1.92 bits per heavy atom. The molecule has 0 bridgehead atoms. The van der Waals surface area contributed by atoms with E-state index < -0.39 is 5.60 Å². The van der Waals surface area contributed by atoms with Gasteiger partial charge >= 0.3 is 0 Å². The first-order valence-electron chi connectivity index (χ1n) is 9.42. The van der Waals surface area contributed by atoms with Crippen LogP contribution in [-0.2, 0) is 4.79 Å². The van der Waals surface area contributed by atoms with Gasteiger partial charge in [0, 0.05) is 37.9 Å². The molecule has 1 amide bonds. The molecule has 25 heavy (non-hydrogen) atoms. The number of anilines is 1. The maximum absolute atomic E-state index is 12.6. The van der Waals surface area contributed by atoms with Crippen LogP contribution in [0.4, 0.5) is 5.82 Å². The Balaban J connectivity index is 1.55. The molecule has 0 aromatic carbocycles. The van der Waals surface area contributed by atoms with Crippen LogP contribution in [0.3, 0.4) is 0 Å². The molecule has 0 radical (unpaired) electrons. The lowest BCUT2D eigenvalue weighted by Gasteiger charge is -2.38. The van der Waals surface area contributed by atoms with Gasteiger partial charge in [-0.1, -0.05) is 12.8 Å². The second-order valence-corrected chi connectivity index (χ2v) is 7.75. The smallest absolute Gasteiger partial charge is 0.225 e. The van der Waals surface area contributed by atoms with Crippen molar-refractivity contribution in [2.24, 2.45) is 0 Å². The largest absolute Gasteiger partial charge is 0.389 e. The molecular formula is C19H30N4O2. The number of aryl methyl sites for hydroxylation is 2. The van der Waals surface area contributed by atoms with E-state index in [2.05, 4.69) is 14.9 Å². The molecule has 0 unspecified atom stereocenters. The summed E-state index contributed by atoms with van der Waals surface area (Å²) in [5.41, 5.74) is 0.226. The Labute approximate surface area is 150 Å². The summed E-state index contributed by atoms with van der Waals surface area (Å²) < 4.78 is 0. The van der Waals surface area contributed by atoms with Gasteiger partial charge in [-0.25, -0.2) is 9.97 Å².